The Hall–Kier alpha value is -2.27. The van der Waals surface area contributed by atoms with Gasteiger partial charge >= 0.3 is 0 Å². The summed E-state index contributed by atoms with van der Waals surface area (Å²) in [7, 11) is 0. The molecule has 2 amide bonds. The van der Waals surface area contributed by atoms with Crippen molar-refractivity contribution in [3.8, 4) is 5.75 Å². The highest BCUT2D eigenvalue weighted by Gasteiger charge is 2.34. The molecule has 3 rings (SSSR count). The number of amides is 2. The van der Waals surface area contributed by atoms with Gasteiger partial charge in [0.15, 0.2) is 0 Å². The predicted molar refractivity (Wildman–Crippen MR) is 105 cm³/mol. The standard InChI is InChI=1S/C21H23NO3S/c1-16-8-2-5-11-19(16)25-13-15-26-14-7-6-12-22-20(23)17-9-3-4-10-18(17)21(22)24/h2-5,8-11H,6-7,12-15H2,1H3. The normalized spacial score (nSPS) is 13.2. The highest BCUT2D eigenvalue weighted by atomic mass is 32.2. The molecule has 1 aliphatic rings. The van der Waals surface area contributed by atoms with Gasteiger partial charge in [0.05, 0.1) is 17.7 Å². The molecule has 136 valence electrons. The predicted octanol–water partition coefficient (Wildman–Crippen LogP) is 4.18. The largest absolute Gasteiger partial charge is 0.492 e. The number of ether oxygens (including phenoxy) is 1. The Morgan fingerprint density at radius 2 is 1.54 bits per heavy atom. The van der Waals surface area contributed by atoms with Gasteiger partial charge in [-0.25, -0.2) is 0 Å². The SMILES string of the molecule is Cc1ccccc1OCCSCCCCN1C(=O)c2ccccc2C1=O. The number of thioether (sulfide) groups is 1. The summed E-state index contributed by atoms with van der Waals surface area (Å²) in [5.41, 5.74) is 2.21. The summed E-state index contributed by atoms with van der Waals surface area (Å²) in [6.07, 6.45) is 1.81. The fraction of sp³-hybridized carbons (Fsp3) is 0.333. The minimum atomic E-state index is -0.162. The van der Waals surface area contributed by atoms with Gasteiger partial charge in [-0.15, -0.1) is 0 Å². The van der Waals surface area contributed by atoms with E-state index in [9.17, 15) is 9.59 Å². The van der Waals surface area contributed by atoms with Crippen LogP contribution in [0.1, 0.15) is 39.1 Å². The number of para-hydroxylation sites is 1. The first-order valence-corrected chi connectivity index (χ1v) is 10.1. The third-order valence-electron chi connectivity index (χ3n) is 4.38. The summed E-state index contributed by atoms with van der Waals surface area (Å²) >= 11 is 1.84. The molecule has 0 N–H and O–H groups in total. The summed E-state index contributed by atoms with van der Waals surface area (Å²) in [4.78, 5) is 25.9. The smallest absolute Gasteiger partial charge is 0.261 e. The lowest BCUT2D eigenvalue weighted by Crippen LogP contribution is -2.30. The fourth-order valence-corrected chi connectivity index (χ4v) is 3.76. The van der Waals surface area contributed by atoms with Gasteiger partial charge < -0.3 is 4.74 Å². The van der Waals surface area contributed by atoms with Crippen LogP contribution in [0.15, 0.2) is 48.5 Å². The van der Waals surface area contributed by atoms with Crippen LogP contribution in [0.4, 0.5) is 0 Å². The molecule has 2 aromatic rings. The number of benzene rings is 2. The Morgan fingerprint density at radius 3 is 2.23 bits per heavy atom. The van der Waals surface area contributed by atoms with E-state index in [1.807, 2.05) is 43.0 Å². The maximum Gasteiger partial charge on any atom is 0.261 e. The van der Waals surface area contributed by atoms with Crippen molar-refractivity contribution in [3.63, 3.8) is 0 Å². The summed E-state index contributed by atoms with van der Waals surface area (Å²) in [5.74, 6) is 2.55. The number of hydrogen-bond donors (Lipinski definition) is 0. The summed E-state index contributed by atoms with van der Waals surface area (Å²) in [5, 5.41) is 0. The monoisotopic (exact) mass is 369 g/mol. The van der Waals surface area contributed by atoms with Crippen LogP contribution in [0, 0.1) is 6.92 Å². The van der Waals surface area contributed by atoms with Crippen LogP contribution in [0.5, 0.6) is 5.75 Å². The van der Waals surface area contributed by atoms with Crippen molar-refractivity contribution in [1.82, 2.24) is 4.90 Å². The Balaban J connectivity index is 1.30. The van der Waals surface area contributed by atoms with Crippen molar-refractivity contribution in [2.75, 3.05) is 24.7 Å². The van der Waals surface area contributed by atoms with E-state index >= 15 is 0 Å². The molecule has 0 saturated carbocycles. The molecule has 0 saturated heterocycles. The molecule has 2 aromatic carbocycles. The molecule has 26 heavy (non-hydrogen) atoms. The molecule has 1 heterocycles. The van der Waals surface area contributed by atoms with Gasteiger partial charge in [0.1, 0.15) is 5.75 Å². The van der Waals surface area contributed by atoms with Gasteiger partial charge in [0.25, 0.3) is 11.8 Å². The molecule has 0 fully saturated rings. The van der Waals surface area contributed by atoms with Crippen LogP contribution in [0.3, 0.4) is 0 Å². The Morgan fingerprint density at radius 1 is 0.885 bits per heavy atom. The van der Waals surface area contributed by atoms with Crippen LogP contribution in [-0.4, -0.2) is 41.4 Å². The second-order valence-electron chi connectivity index (χ2n) is 6.24. The molecule has 0 bridgehead atoms. The number of unbranched alkanes of at least 4 members (excludes halogenated alkanes) is 1. The van der Waals surface area contributed by atoms with E-state index in [1.165, 1.54) is 4.90 Å². The average Bonchev–Trinajstić information content (AvgIpc) is 2.90. The lowest BCUT2D eigenvalue weighted by Gasteiger charge is -2.13. The minimum absolute atomic E-state index is 0.162. The molecule has 0 aliphatic carbocycles. The van der Waals surface area contributed by atoms with Crippen LogP contribution in [0.25, 0.3) is 0 Å². The van der Waals surface area contributed by atoms with E-state index in [2.05, 4.69) is 0 Å². The topological polar surface area (TPSA) is 46.6 Å². The van der Waals surface area contributed by atoms with Crippen LogP contribution >= 0.6 is 11.8 Å². The van der Waals surface area contributed by atoms with E-state index in [-0.39, 0.29) is 11.8 Å². The molecule has 0 aromatic heterocycles. The molecule has 5 heteroatoms. The third-order valence-corrected chi connectivity index (χ3v) is 5.41. The molecular weight excluding hydrogens is 346 g/mol. The van der Waals surface area contributed by atoms with Gasteiger partial charge in [0, 0.05) is 12.3 Å². The van der Waals surface area contributed by atoms with Gasteiger partial charge in [-0.1, -0.05) is 30.3 Å². The quantitative estimate of drug-likeness (QED) is 0.491. The number of carbonyl (C=O) groups is 2. The number of aryl methyl sites for hydroxylation is 1. The highest BCUT2D eigenvalue weighted by Crippen LogP contribution is 2.23. The van der Waals surface area contributed by atoms with Crippen LogP contribution in [-0.2, 0) is 0 Å². The first-order chi connectivity index (χ1) is 12.7. The number of rotatable bonds is 9. The van der Waals surface area contributed by atoms with Crippen molar-refractivity contribution in [2.24, 2.45) is 0 Å². The van der Waals surface area contributed by atoms with Crippen molar-refractivity contribution >= 4 is 23.6 Å². The number of carbonyl (C=O) groups excluding carboxylic acids is 2. The summed E-state index contributed by atoms with van der Waals surface area (Å²) in [6, 6.07) is 15.1. The zero-order valence-electron chi connectivity index (χ0n) is 14.9. The van der Waals surface area contributed by atoms with E-state index in [0.717, 1.165) is 35.7 Å². The number of imide groups is 1. The first kappa shape index (κ1) is 18.5. The Bertz CT molecular complexity index is 755. The summed E-state index contributed by atoms with van der Waals surface area (Å²) in [6.45, 7) is 3.22. The van der Waals surface area contributed by atoms with Gasteiger partial charge in [0.2, 0.25) is 0 Å². The number of nitrogens with zero attached hydrogens (tertiary/aromatic N) is 1. The second-order valence-corrected chi connectivity index (χ2v) is 7.47. The number of fused-ring (bicyclic) bond motifs is 1. The van der Waals surface area contributed by atoms with E-state index in [0.29, 0.717) is 24.3 Å². The number of hydrogen-bond acceptors (Lipinski definition) is 4. The molecule has 0 radical (unpaired) electrons. The average molecular weight is 369 g/mol. The molecule has 0 unspecified atom stereocenters. The lowest BCUT2D eigenvalue weighted by molar-refractivity contribution is 0.0652. The van der Waals surface area contributed by atoms with Crippen LogP contribution in [0.2, 0.25) is 0 Å². The zero-order chi connectivity index (χ0) is 18.4. The Kier molecular flexibility index (Phi) is 6.34. The molecule has 4 nitrogen and oxygen atoms in total. The molecule has 0 atom stereocenters. The highest BCUT2D eigenvalue weighted by molar-refractivity contribution is 7.99. The van der Waals surface area contributed by atoms with Gasteiger partial charge in [-0.3, -0.25) is 14.5 Å². The third kappa shape index (κ3) is 4.28. The maximum atomic E-state index is 12.3. The molecule has 0 spiro atoms. The minimum Gasteiger partial charge on any atom is -0.492 e. The van der Waals surface area contributed by atoms with Gasteiger partial charge in [-0.05, 0) is 49.3 Å². The van der Waals surface area contributed by atoms with Gasteiger partial charge in [-0.2, -0.15) is 11.8 Å². The summed E-state index contributed by atoms with van der Waals surface area (Å²) < 4.78 is 5.77. The van der Waals surface area contributed by atoms with E-state index < -0.39 is 0 Å². The maximum absolute atomic E-state index is 12.3. The van der Waals surface area contributed by atoms with Crippen molar-refractivity contribution < 1.29 is 14.3 Å². The first-order valence-electron chi connectivity index (χ1n) is 8.90. The second kappa shape index (κ2) is 8.90. The lowest BCUT2D eigenvalue weighted by atomic mass is 10.1. The molecule has 1 aliphatic heterocycles. The molecular formula is C21H23NO3S. The van der Waals surface area contributed by atoms with Crippen molar-refractivity contribution in [2.45, 2.75) is 19.8 Å². The van der Waals surface area contributed by atoms with Crippen LogP contribution < -0.4 is 4.74 Å². The zero-order valence-corrected chi connectivity index (χ0v) is 15.8. The van der Waals surface area contributed by atoms with Crippen molar-refractivity contribution in [1.29, 1.82) is 0 Å². The fourth-order valence-electron chi connectivity index (χ4n) is 2.95. The van der Waals surface area contributed by atoms with Crippen molar-refractivity contribution in [3.05, 3.63) is 65.2 Å². The van der Waals surface area contributed by atoms with E-state index in [1.54, 1.807) is 24.3 Å². The van der Waals surface area contributed by atoms with E-state index in [4.69, 9.17) is 4.74 Å². The Labute approximate surface area is 158 Å².